The SMILES string of the molecule is C[C@H](O)[C@](C)(O)[C@H](O)C[C@@H](O)[C@]1([C@@H](C)O)C[C@@H](O)[C@H](O)O1. The van der Waals surface area contributed by atoms with Gasteiger partial charge in [-0.2, -0.15) is 0 Å². The molecule has 1 heterocycles. The maximum absolute atomic E-state index is 10.3. The van der Waals surface area contributed by atoms with Crippen molar-refractivity contribution in [3.63, 3.8) is 0 Å². The summed E-state index contributed by atoms with van der Waals surface area (Å²) in [7, 11) is 0. The Bertz CT molecular complexity index is 333. The van der Waals surface area contributed by atoms with Crippen molar-refractivity contribution in [3.05, 3.63) is 0 Å². The number of aliphatic hydroxyl groups excluding tert-OH is 6. The van der Waals surface area contributed by atoms with Crippen molar-refractivity contribution in [1.82, 2.24) is 0 Å². The van der Waals surface area contributed by atoms with Crippen LogP contribution >= 0.6 is 0 Å². The first-order valence-corrected chi connectivity index (χ1v) is 6.93. The van der Waals surface area contributed by atoms with E-state index in [9.17, 15) is 35.7 Å². The van der Waals surface area contributed by atoms with Gasteiger partial charge in [0.25, 0.3) is 0 Å². The predicted octanol–water partition coefficient (Wildman–Crippen LogP) is -2.55. The van der Waals surface area contributed by atoms with Crippen molar-refractivity contribution in [2.75, 3.05) is 0 Å². The zero-order valence-corrected chi connectivity index (χ0v) is 12.4. The van der Waals surface area contributed by atoms with E-state index in [1.165, 1.54) is 20.8 Å². The second kappa shape index (κ2) is 6.43. The molecule has 0 spiro atoms. The summed E-state index contributed by atoms with van der Waals surface area (Å²) in [5.41, 5.74) is -3.52. The molecule has 0 radical (unpaired) electrons. The van der Waals surface area contributed by atoms with Crippen molar-refractivity contribution >= 4 is 0 Å². The van der Waals surface area contributed by atoms with Crippen LogP contribution in [0.3, 0.4) is 0 Å². The second-order valence-corrected chi connectivity index (χ2v) is 6.08. The van der Waals surface area contributed by atoms with Crippen LogP contribution in [0.1, 0.15) is 33.6 Å². The van der Waals surface area contributed by atoms with E-state index in [0.717, 1.165) is 0 Å². The quantitative estimate of drug-likeness (QED) is 0.283. The van der Waals surface area contributed by atoms with Gasteiger partial charge in [-0.05, 0) is 20.8 Å². The highest BCUT2D eigenvalue weighted by molar-refractivity contribution is 5.02. The topological polar surface area (TPSA) is 151 Å². The Morgan fingerprint density at radius 2 is 1.71 bits per heavy atom. The minimum Gasteiger partial charge on any atom is -0.390 e. The Kier molecular flexibility index (Phi) is 5.73. The molecule has 0 amide bonds. The molecular formula is C13H26O8. The van der Waals surface area contributed by atoms with Crippen LogP contribution in [-0.4, -0.2) is 83.8 Å². The third kappa shape index (κ3) is 3.54. The monoisotopic (exact) mass is 310 g/mol. The molecule has 126 valence electrons. The standard InChI is InChI=1S/C13H26O8/c1-6(14)12(3,20)9(17)4-10(18)13(7(2)15)5-8(16)11(19)21-13/h6-11,14-20H,4-5H2,1-3H3/t6-,7+,8+,9+,10+,11+,12-,13+/m0/s1. The zero-order valence-electron chi connectivity index (χ0n) is 12.4. The lowest BCUT2D eigenvalue weighted by Crippen LogP contribution is -2.56. The van der Waals surface area contributed by atoms with E-state index in [1.54, 1.807) is 0 Å². The van der Waals surface area contributed by atoms with Crippen LogP contribution in [0.25, 0.3) is 0 Å². The predicted molar refractivity (Wildman–Crippen MR) is 71.1 cm³/mol. The number of rotatable bonds is 6. The minimum atomic E-state index is -1.86. The third-order valence-electron chi connectivity index (χ3n) is 4.44. The van der Waals surface area contributed by atoms with Gasteiger partial charge in [0.1, 0.15) is 17.3 Å². The highest BCUT2D eigenvalue weighted by Crippen LogP contribution is 2.38. The van der Waals surface area contributed by atoms with Gasteiger partial charge in [0.05, 0.1) is 24.4 Å². The van der Waals surface area contributed by atoms with Crippen molar-refractivity contribution in [1.29, 1.82) is 0 Å². The van der Waals surface area contributed by atoms with E-state index in [2.05, 4.69) is 0 Å². The Morgan fingerprint density at radius 3 is 2.05 bits per heavy atom. The van der Waals surface area contributed by atoms with Crippen molar-refractivity contribution in [2.45, 2.75) is 81.6 Å². The average Bonchev–Trinajstić information content (AvgIpc) is 2.66. The molecule has 0 bridgehead atoms. The second-order valence-electron chi connectivity index (χ2n) is 6.08. The van der Waals surface area contributed by atoms with Gasteiger partial charge >= 0.3 is 0 Å². The van der Waals surface area contributed by atoms with Crippen molar-refractivity contribution in [3.8, 4) is 0 Å². The van der Waals surface area contributed by atoms with Crippen LogP contribution in [-0.2, 0) is 4.74 Å². The molecule has 0 aliphatic carbocycles. The van der Waals surface area contributed by atoms with Crippen LogP contribution in [0, 0.1) is 0 Å². The number of hydrogen-bond donors (Lipinski definition) is 7. The number of aliphatic hydroxyl groups is 7. The van der Waals surface area contributed by atoms with Gasteiger partial charge in [-0.3, -0.25) is 0 Å². The summed E-state index contributed by atoms with van der Waals surface area (Å²) in [6.45, 7) is 3.83. The summed E-state index contributed by atoms with van der Waals surface area (Å²) in [6, 6.07) is 0. The molecule has 0 aromatic heterocycles. The van der Waals surface area contributed by atoms with Crippen molar-refractivity contribution in [2.24, 2.45) is 0 Å². The molecule has 8 nitrogen and oxygen atoms in total. The minimum absolute atomic E-state index is 0.226. The van der Waals surface area contributed by atoms with Crippen molar-refractivity contribution < 1.29 is 40.5 Å². The maximum Gasteiger partial charge on any atom is 0.181 e. The van der Waals surface area contributed by atoms with Crippen LogP contribution in [0.2, 0.25) is 0 Å². The van der Waals surface area contributed by atoms with E-state index in [4.69, 9.17) is 4.74 Å². The molecule has 7 N–H and O–H groups in total. The van der Waals surface area contributed by atoms with Gasteiger partial charge < -0.3 is 40.5 Å². The number of ether oxygens (including phenoxy) is 1. The molecule has 0 saturated carbocycles. The van der Waals surface area contributed by atoms with E-state index < -0.39 is 54.4 Å². The van der Waals surface area contributed by atoms with E-state index >= 15 is 0 Å². The van der Waals surface area contributed by atoms with Crippen LogP contribution in [0.15, 0.2) is 0 Å². The van der Waals surface area contributed by atoms with Gasteiger partial charge in [-0.15, -0.1) is 0 Å². The fourth-order valence-corrected chi connectivity index (χ4v) is 2.47. The Labute approximate surface area is 123 Å². The maximum atomic E-state index is 10.3. The molecule has 1 rings (SSSR count). The molecule has 0 unspecified atom stereocenters. The molecule has 1 aliphatic heterocycles. The molecule has 8 heteroatoms. The summed E-state index contributed by atoms with van der Waals surface area (Å²) in [4.78, 5) is 0. The summed E-state index contributed by atoms with van der Waals surface area (Å²) in [5.74, 6) is 0. The van der Waals surface area contributed by atoms with Gasteiger partial charge in [-0.1, -0.05) is 0 Å². The van der Waals surface area contributed by atoms with E-state index in [1.807, 2.05) is 0 Å². The molecule has 1 fully saturated rings. The van der Waals surface area contributed by atoms with Gasteiger partial charge in [0.15, 0.2) is 6.29 Å². The third-order valence-corrected chi connectivity index (χ3v) is 4.44. The lowest BCUT2D eigenvalue weighted by atomic mass is 9.81. The first-order valence-electron chi connectivity index (χ1n) is 6.93. The molecule has 1 aliphatic rings. The first kappa shape index (κ1) is 18.7. The zero-order chi connectivity index (χ0) is 16.6. The Hall–Kier alpha value is -0.320. The van der Waals surface area contributed by atoms with E-state index in [0.29, 0.717) is 0 Å². The number of hydrogen-bond acceptors (Lipinski definition) is 8. The molecule has 1 saturated heterocycles. The largest absolute Gasteiger partial charge is 0.390 e. The lowest BCUT2D eigenvalue weighted by molar-refractivity contribution is -0.228. The Balaban J connectivity index is 2.87. The summed E-state index contributed by atoms with van der Waals surface area (Å²) in [6.07, 6.45) is -8.91. The molecule has 21 heavy (non-hydrogen) atoms. The fraction of sp³-hybridized carbons (Fsp3) is 1.00. The average molecular weight is 310 g/mol. The molecular weight excluding hydrogens is 284 g/mol. The van der Waals surface area contributed by atoms with Crippen LogP contribution in [0.4, 0.5) is 0 Å². The molecule has 0 aromatic rings. The smallest absolute Gasteiger partial charge is 0.181 e. The van der Waals surface area contributed by atoms with Crippen LogP contribution < -0.4 is 0 Å². The summed E-state index contributed by atoms with van der Waals surface area (Å²) in [5, 5.41) is 68.5. The normalized spacial score (nSPS) is 38.6. The van der Waals surface area contributed by atoms with E-state index in [-0.39, 0.29) is 6.42 Å². The highest BCUT2D eigenvalue weighted by atomic mass is 16.7. The lowest BCUT2D eigenvalue weighted by Gasteiger charge is -2.39. The van der Waals surface area contributed by atoms with Gasteiger partial charge in [-0.25, -0.2) is 0 Å². The fourth-order valence-electron chi connectivity index (χ4n) is 2.47. The summed E-state index contributed by atoms with van der Waals surface area (Å²) < 4.78 is 5.11. The first-order chi connectivity index (χ1) is 9.45. The Morgan fingerprint density at radius 1 is 1.19 bits per heavy atom. The molecule has 8 atom stereocenters. The molecule has 0 aromatic carbocycles. The van der Waals surface area contributed by atoms with Crippen LogP contribution in [0.5, 0.6) is 0 Å². The van der Waals surface area contributed by atoms with Gasteiger partial charge in [0, 0.05) is 12.8 Å². The van der Waals surface area contributed by atoms with Gasteiger partial charge in [0.2, 0.25) is 0 Å². The highest BCUT2D eigenvalue weighted by Gasteiger charge is 2.54. The summed E-state index contributed by atoms with van der Waals surface area (Å²) >= 11 is 0.